The number of hydrogen-bond acceptors (Lipinski definition) is 3. The van der Waals surface area contributed by atoms with Crippen molar-refractivity contribution in [1.82, 2.24) is 9.21 Å². The number of hydrogen-bond donors (Lipinski definition) is 0. The van der Waals surface area contributed by atoms with Crippen LogP contribution >= 0.6 is 0 Å². The summed E-state index contributed by atoms with van der Waals surface area (Å²) in [5, 5.41) is 0. The molecule has 1 aliphatic rings. The standard InChI is InChI=1S/C15H21FN2O3S/c1-22(20,21)18-10-4-9-17(11-12-18)15(19)8-7-13-5-2-3-6-14(13)16/h2-3,5-6H,4,7-12H2,1H3. The minimum atomic E-state index is -3.21. The molecule has 0 N–H and O–H groups in total. The van der Waals surface area contributed by atoms with Crippen molar-refractivity contribution in [3.8, 4) is 0 Å². The summed E-state index contributed by atoms with van der Waals surface area (Å²) in [6.07, 6.45) is 2.40. The van der Waals surface area contributed by atoms with Crippen molar-refractivity contribution < 1.29 is 17.6 Å². The van der Waals surface area contributed by atoms with Gasteiger partial charge in [-0.25, -0.2) is 17.1 Å². The van der Waals surface area contributed by atoms with E-state index < -0.39 is 10.0 Å². The summed E-state index contributed by atoms with van der Waals surface area (Å²) in [7, 11) is -3.21. The summed E-state index contributed by atoms with van der Waals surface area (Å²) in [5.74, 6) is -0.354. The number of benzene rings is 1. The third kappa shape index (κ3) is 4.51. The molecule has 1 heterocycles. The van der Waals surface area contributed by atoms with Crippen molar-refractivity contribution >= 4 is 15.9 Å². The van der Waals surface area contributed by atoms with Crippen LogP contribution < -0.4 is 0 Å². The minimum absolute atomic E-state index is 0.0568. The van der Waals surface area contributed by atoms with E-state index in [1.165, 1.54) is 16.6 Å². The van der Waals surface area contributed by atoms with Crippen LogP contribution in [0.15, 0.2) is 24.3 Å². The third-order valence-corrected chi connectivity index (χ3v) is 5.15. The van der Waals surface area contributed by atoms with E-state index in [1.54, 1.807) is 23.1 Å². The van der Waals surface area contributed by atoms with E-state index in [4.69, 9.17) is 0 Å². The third-order valence-electron chi connectivity index (χ3n) is 3.84. The van der Waals surface area contributed by atoms with Crippen LogP contribution in [0.3, 0.4) is 0 Å². The number of halogens is 1. The van der Waals surface area contributed by atoms with E-state index in [0.29, 0.717) is 44.6 Å². The molecule has 0 bridgehead atoms. The Kier molecular flexibility index (Phi) is 5.52. The largest absolute Gasteiger partial charge is 0.341 e. The molecule has 1 fully saturated rings. The zero-order valence-corrected chi connectivity index (χ0v) is 13.5. The molecule has 0 spiro atoms. The summed E-state index contributed by atoms with van der Waals surface area (Å²) >= 11 is 0. The van der Waals surface area contributed by atoms with Gasteiger partial charge in [-0.1, -0.05) is 18.2 Å². The fourth-order valence-electron chi connectivity index (χ4n) is 2.58. The van der Waals surface area contributed by atoms with Crippen LogP contribution in [0.2, 0.25) is 0 Å². The molecule has 1 aromatic carbocycles. The normalized spacial score (nSPS) is 17.3. The van der Waals surface area contributed by atoms with E-state index in [-0.39, 0.29) is 18.1 Å². The monoisotopic (exact) mass is 328 g/mol. The SMILES string of the molecule is CS(=O)(=O)N1CCCN(C(=O)CCc2ccccc2F)CC1. The Balaban J connectivity index is 1.89. The van der Waals surface area contributed by atoms with Gasteiger partial charge >= 0.3 is 0 Å². The number of nitrogens with zero attached hydrogens (tertiary/aromatic N) is 2. The lowest BCUT2D eigenvalue weighted by molar-refractivity contribution is -0.131. The number of sulfonamides is 1. The molecule has 0 radical (unpaired) electrons. The Bertz CT molecular complexity index is 633. The molecule has 0 unspecified atom stereocenters. The topological polar surface area (TPSA) is 57.7 Å². The van der Waals surface area contributed by atoms with Crippen molar-refractivity contribution in [2.75, 3.05) is 32.4 Å². The maximum Gasteiger partial charge on any atom is 0.222 e. The van der Waals surface area contributed by atoms with Crippen molar-refractivity contribution in [3.05, 3.63) is 35.6 Å². The minimum Gasteiger partial charge on any atom is -0.341 e. The first-order chi connectivity index (χ1) is 10.4. The number of rotatable bonds is 4. The van der Waals surface area contributed by atoms with Gasteiger partial charge in [-0.15, -0.1) is 0 Å². The predicted octanol–water partition coefficient (Wildman–Crippen LogP) is 1.25. The van der Waals surface area contributed by atoms with Crippen LogP contribution in [0.25, 0.3) is 0 Å². The second-order valence-electron chi connectivity index (χ2n) is 5.49. The van der Waals surface area contributed by atoms with E-state index >= 15 is 0 Å². The lowest BCUT2D eigenvalue weighted by Gasteiger charge is -2.21. The number of aryl methyl sites for hydroxylation is 1. The summed E-state index contributed by atoms with van der Waals surface area (Å²) in [5.41, 5.74) is 0.531. The fraction of sp³-hybridized carbons (Fsp3) is 0.533. The molecule has 0 aliphatic carbocycles. The molecule has 2 rings (SSSR count). The molecule has 1 amide bonds. The van der Waals surface area contributed by atoms with Crippen molar-refractivity contribution in [1.29, 1.82) is 0 Å². The average molecular weight is 328 g/mol. The lowest BCUT2D eigenvalue weighted by atomic mass is 10.1. The summed E-state index contributed by atoms with van der Waals surface area (Å²) < 4.78 is 38.0. The van der Waals surface area contributed by atoms with Gasteiger partial charge in [-0.2, -0.15) is 0 Å². The second-order valence-corrected chi connectivity index (χ2v) is 7.47. The highest BCUT2D eigenvalue weighted by atomic mass is 32.2. The predicted molar refractivity (Wildman–Crippen MR) is 82.3 cm³/mol. The van der Waals surface area contributed by atoms with E-state index in [9.17, 15) is 17.6 Å². The molecule has 0 atom stereocenters. The van der Waals surface area contributed by atoms with Crippen molar-refractivity contribution in [2.24, 2.45) is 0 Å². The van der Waals surface area contributed by atoms with Gasteiger partial charge in [0.15, 0.2) is 0 Å². The maximum atomic E-state index is 13.5. The molecule has 1 saturated heterocycles. The first-order valence-corrected chi connectivity index (χ1v) is 9.19. The van der Waals surface area contributed by atoms with E-state index in [2.05, 4.69) is 0 Å². The van der Waals surface area contributed by atoms with Crippen LogP contribution in [0.1, 0.15) is 18.4 Å². The second kappa shape index (κ2) is 7.19. The molecule has 0 aromatic heterocycles. The molecule has 122 valence electrons. The average Bonchev–Trinajstić information content (AvgIpc) is 2.71. The first kappa shape index (κ1) is 16.9. The van der Waals surface area contributed by atoms with Crippen molar-refractivity contribution in [2.45, 2.75) is 19.3 Å². The molecule has 0 saturated carbocycles. The molecule has 5 nitrogen and oxygen atoms in total. The molecule has 1 aliphatic heterocycles. The van der Waals surface area contributed by atoms with Crippen LogP contribution in [0.5, 0.6) is 0 Å². The Morgan fingerprint density at radius 3 is 2.59 bits per heavy atom. The molecule has 1 aromatic rings. The number of carbonyl (C=O) groups is 1. The van der Waals surface area contributed by atoms with Gasteiger partial charge in [0.05, 0.1) is 6.26 Å². The lowest BCUT2D eigenvalue weighted by Crippen LogP contribution is -2.37. The molecular weight excluding hydrogens is 307 g/mol. The van der Waals surface area contributed by atoms with Gasteiger partial charge in [0, 0.05) is 32.6 Å². The van der Waals surface area contributed by atoms with Gasteiger partial charge in [0.1, 0.15) is 5.82 Å². The Morgan fingerprint density at radius 2 is 1.91 bits per heavy atom. The van der Waals surface area contributed by atoms with Crippen LogP contribution in [0.4, 0.5) is 4.39 Å². The highest BCUT2D eigenvalue weighted by Gasteiger charge is 2.23. The van der Waals surface area contributed by atoms with Crippen molar-refractivity contribution in [3.63, 3.8) is 0 Å². The first-order valence-electron chi connectivity index (χ1n) is 7.34. The quantitative estimate of drug-likeness (QED) is 0.836. The summed E-state index contributed by atoms with van der Waals surface area (Å²) in [6, 6.07) is 6.43. The molecular formula is C15H21FN2O3S. The Morgan fingerprint density at radius 1 is 1.18 bits per heavy atom. The highest BCUT2D eigenvalue weighted by molar-refractivity contribution is 7.88. The smallest absolute Gasteiger partial charge is 0.222 e. The molecule has 22 heavy (non-hydrogen) atoms. The fourth-order valence-corrected chi connectivity index (χ4v) is 3.45. The van der Waals surface area contributed by atoms with Crippen LogP contribution in [-0.2, 0) is 21.2 Å². The van der Waals surface area contributed by atoms with E-state index in [0.717, 1.165) is 0 Å². The van der Waals surface area contributed by atoms with Gasteiger partial charge < -0.3 is 4.90 Å². The summed E-state index contributed by atoms with van der Waals surface area (Å²) in [6.45, 7) is 1.70. The zero-order valence-electron chi connectivity index (χ0n) is 12.7. The highest BCUT2D eigenvalue weighted by Crippen LogP contribution is 2.12. The van der Waals surface area contributed by atoms with E-state index in [1.807, 2.05) is 0 Å². The van der Waals surface area contributed by atoms with Gasteiger partial charge in [-0.05, 0) is 24.5 Å². The van der Waals surface area contributed by atoms with Gasteiger partial charge in [0.2, 0.25) is 15.9 Å². The Labute approximate surface area is 130 Å². The molecule has 7 heteroatoms. The van der Waals surface area contributed by atoms with Crippen LogP contribution in [-0.4, -0.2) is 56.0 Å². The Hall–Kier alpha value is -1.47. The number of carbonyl (C=O) groups excluding carboxylic acids is 1. The number of amides is 1. The van der Waals surface area contributed by atoms with Gasteiger partial charge in [-0.3, -0.25) is 4.79 Å². The zero-order chi connectivity index (χ0) is 16.2. The maximum absolute atomic E-state index is 13.5. The van der Waals surface area contributed by atoms with Gasteiger partial charge in [0.25, 0.3) is 0 Å². The summed E-state index contributed by atoms with van der Waals surface area (Å²) in [4.78, 5) is 13.9. The van der Waals surface area contributed by atoms with Crippen LogP contribution in [0, 0.1) is 5.82 Å².